The minimum atomic E-state index is 0.198. The summed E-state index contributed by atoms with van der Waals surface area (Å²) in [5, 5.41) is 1.21. The molecule has 0 radical (unpaired) electrons. The normalized spacial score (nSPS) is 11.0. The van der Waals surface area contributed by atoms with Gasteiger partial charge < -0.3 is 14.4 Å². The molecule has 0 unspecified atom stereocenters. The average Bonchev–Trinajstić information content (AvgIpc) is 3.04. The number of anilines is 2. The number of hydrogen-bond acceptors (Lipinski definition) is 4. The number of rotatable bonds is 6. The van der Waals surface area contributed by atoms with Gasteiger partial charge >= 0.3 is 0 Å². The van der Waals surface area contributed by atoms with Crippen LogP contribution in [0.1, 0.15) is 16.4 Å². The molecule has 0 saturated carbocycles. The lowest BCUT2D eigenvalue weighted by Gasteiger charge is -2.20. The van der Waals surface area contributed by atoms with Crippen LogP contribution in [0.4, 0.5) is 11.4 Å². The van der Waals surface area contributed by atoms with Gasteiger partial charge in [0, 0.05) is 59.0 Å². The summed E-state index contributed by atoms with van der Waals surface area (Å²) in [6.45, 7) is 0. The third kappa shape index (κ3) is 4.05. The van der Waals surface area contributed by atoms with E-state index in [-0.39, 0.29) is 5.25 Å². The van der Waals surface area contributed by atoms with Gasteiger partial charge in [0.15, 0.2) is 5.16 Å². The molecule has 3 rings (SSSR count). The minimum absolute atomic E-state index is 0.198. The molecule has 1 heterocycles. The van der Waals surface area contributed by atoms with Crippen molar-refractivity contribution in [2.75, 3.05) is 38.0 Å². The Kier molecular flexibility index (Phi) is 5.57. The predicted molar refractivity (Wildman–Crippen MR) is 112 cm³/mol. The number of thioether (sulfide) groups is 1. The molecule has 0 bridgehead atoms. The lowest BCUT2D eigenvalue weighted by molar-refractivity contribution is 0.787. The van der Waals surface area contributed by atoms with Crippen molar-refractivity contribution in [2.45, 2.75) is 10.4 Å². The zero-order chi connectivity index (χ0) is 18.7. The topological polar surface area (TPSA) is 24.3 Å². The van der Waals surface area contributed by atoms with Gasteiger partial charge in [0.2, 0.25) is 0 Å². The molecule has 0 atom stereocenters. The largest absolute Gasteiger partial charge is 0.378 e. The first-order chi connectivity index (χ1) is 12.5. The quantitative estimate of drug-likeness (QED) is 0.602. The van der Waals surface area contributed by atoms with Crippen molar-refractivity contribution < 1.29 is 0 Å². The van der Waals surface area contributed by atoms with Crippen molar-refractivity contribution in [3.05, 3.63) is 72.1 Å². The zero-order valence-corrected chi connectivity index (χ0v) is 16.9. The number of benzene rings is 2. The SMILES string of the molecule is CN(C)c1ccc(C(Sc2nccn2C)c2ccc(N(C)C)cc2)cc1. The van der Waals surface area contributed by atoms with Gasteiger partial charge in [0.05, 0.1) is 5.25 Å². The highest BCUT2D eigenvalue weighted by Gasteiger charge is 2.18. The fraction of sp³-hybridized carbons (Fsp3) is 0.286. The van der Waals surface area contributed by atoms with E-state index in [1.165, 1.54) is 22.5 Å². The number of aromatic nitrogens is 2. The molecule has 0 N–H and O–H groups in total. The molecule has 0 saturated heterocycles. The highest BCUT2D eigenvalue weighted by atomic mass is 32.2. The lowest BCUT2D eigenvalue weighted by Crippen LogP contribution is -2.09. The van der Waals surface area contributed by atoms with Crippen LogP contribution >= 0.6 is 11.8 Å². The number of nitrogens with zero attached hydrogens (tertiary/aromatic N) is 4. The first-order valence-corrected chi connectivity index (χ1v) is 9.52. The molecule has 136 valence electrons. The maximum absolute atomic E-state index is 4.51. The molecule has 1 aromatic heterocycles. The molecule has 0 aliphatic rings. The molecule has 0 amide bonds. The Bertz CT molecular complexity index is 784. The summed E-state index contributed by atoms with van der Waals surface area (Å²) < 4.78 is 2.07. The maximum Gasteiger partial charge on any atom is 0.168 e. The van der Waals surface area contributed by atoms with E-state index < -0.39 is 0 Å². The van der Waals surface area contributed by atoms with Gasteiger partial charge in [-0.1, -0.05) is 36.0 Å². The van der Waals surface area contributed by atoms with Gasteiger partial charge in [0.1, 0.15) is 0 Å². The second-order valence-corrected chi connectivity index (χ2v) is 7.86. The first-order valence-electron chi connectivity index (χ1n) is 8.64. The Morgan fingerprint density at radius 1 is 0.808 bits per heavy atom. The van der Waals surface area contributed by atoms with Crippen molar-refractivity contribution in [2.24, 2.45) is 7.05 Å². The average molecular weight is 367 g/mol. The Morgan fingerprint density at radius 2 is 1.27 bits per heavy atom. The Labute approximate surface area is 160 Å². The van der Waals surface area contributed by atoms with Crippen LogP contribution < -0.4 is 9.80 Å². The van der Waals surface area contributed by atoms with E-state index in [0.717, 1.165) is 5.16 Å². The molecular weight excluding hydrogens is 340 g/mol. The molecule has 26 heavy (non-hydrogen) atoms. The Hall–Kier alpha value is -2.40. The summed E-state index contributed by atoms with van der Waals surface area (Å²) in [7, 11) is 10.3. The van der Waals surface area contributed by atoms with E-state index >= 15 is 0 Å². The Balaban J connectivity index is 1.97. The molecule has 2 aromatic carbocycles. The molecule has 3 aromatic rings. The minimum Gasteiger partial charge on any atom is -0.378 e. The number of hydrogen-bond donors (Lipinski definition) is 0. The summed E-state index contributed by atoms with van der Waals surface area (Å²) in [6, 6.07) is 17.6. The van der Waals surface area contributed by atoms with Crippen molar-refractivity contribution in [3.63, 3.8) is 0 Å². The van der Waals surface area contributed by atoms with Crippen molar-refractivity contribution in [1.29, 1.82) is 0 Å². The van der Waals surface area contributed by atoms with Gasteiger partial charge in [-0.3, -0.25) is 0 Å². The van der Waals surface area contributed by atoms with Gasteiger partial charge in [0.25, 0.3) is 0 Å². The van der Waals surface area contributed by atoms with E-state index in [1.54, 1.807) is 11.8 Å². The van der Waals surface area contributed by atoms with E-state index in [9.17, 15) is 0 Å². The van der Waals surface area contributed by atoms with Crippen molar-refractivity contribution in [3.8, 4) is 0 Å². The molecule has 0 aliphatic carbocycles. The number of imidazole rings is 1. The maximum atomic E-state index is 4.51. The fourth-order valence-corrected chi connectivity index (χ4v) is 3.94. The highest BCUT2D eigenvalue weighted by molar-refractivity contribution is 7.99. The summed E-state index contributed by atoms with van der Waals surface area (Å²) in [4.78, 5) is 8.75. The molecular formula is C21H26N4S. The van der Waals surface area contributed by atoms with Crippen LogP contribution in [0, 0.1) is 0 Å². The highest BCUT2D eigenvalue weighted by Crippen LogP contribution is 2.40. The lowest BCUT2D eigenvalue weighted by atomic mass is 10.0. The van der Waals surface area contributed by atoms with Crippen molar-refractivity contribution >= 4 is 23.1 Å². The third-order valence-electron chi connectivity index (χ3n) is 4.42. The standard InChI is InChI=1S/C21H26N4S/c1-23(2)18-10-6-16(7-11-18)20(26-21-22-14-15-25(21)5)17-8-12-19(13-9-17)24(3)4/h6-15,20H,1-5H3. The molecule has 0 fully saturated rings. The summed E-state index contributed by atoms with van der Waals surface area (Å²) in [6.07, 6.45) is 3.84. The van der Waals surface area contributed by atoms with Gasteiger partial charge in [-0.15, -0.1) is 0 Å². The van der Waals surface area contributed by atoms with Crippen LogP contribution in [-0.2, 0) is 7.05 Å². The fourth-order valence-electron chi connectivity index (χ4n) is 2.79. The van der Waals surface area contributed by atoms with Gasteiger partial charge in [-0.25, -0.2) is 4.98 Å². The van der Waals surface area contributed by atoms with E-state index in [4.69, 9.17) is 0 Å². The second-order valence-electron chi connectivity index (χ2n) is 6.79. The zero-order valence-electron chi connectivity index (χ0n) is 16.0. The van der Waals surface area contributed by atoms with E-state index in [1.807, 2.05) is 19.4 Å². The van der Waals surface area contributed by atoms with Gasteiger partial charge in [-0.2, -0.15) is 0 Å². The second kappa shape index (κ2) is 7.87. The smallest absolute Gasteiger partial charge is 0.168 e. The van der Waals surface area contributed by atoms with E-state index in [2.05, 4.69) is 96.1 Å². The van der Waals surface area contributed by atoms with Crippen LogP contribution in [0.15, 0.2) is 66.1 Å². The monoisotopic (exact) mass is 366 g/mol. The van der Waals surface area contributed by atoms with Crippen LogP contribution in [0.5, 0.6) is 0 Å². The van der Waals surface area contributed by atoms with Crippen LogP contribution in [0.2, 0.25) is 0 Å². The Morgan fingerprint density at radius 3 is 1.62 bits per heavy atom. The van der Waals surface area contributed by atoms with Crippen LogP contribution in [0.25, 0.3) is 0 Å². The molecule has 0 spiro atoms. The summed E-state index contributed by atoms with van der Waals surface area (Å²) in [5.74, 6) is 0. The van der Waals surface area contributed by atoms with Gasteiger partial charge in [-0.05, 0) is 35.4 Å². The first kappa shape index (κ1) is 18.4. The van der Waals surface area contributed by atoms with E-state index in [0.29, 0.717) is 0 Å². The van der Waals surface area contributed by atoms with Crippen molar-refractivity contribution in [1.82, 2.24) is 9.55 Å². The molecule has 4 nitrogen and oxygen atoms in total. The molecule has 0 aliphatic heterocycles. The molecule has 5 heteroatoms. The summed E-state index contributed by atoms with van der Waals surface area (Å²) in [5.41, 5.74) is 4.97. The number of aryl methyl sites for hydroxylation is 1. The van der Waals surface area contributed by atoms with Crippen LogP contribution in [-0.4, -0.2) is 37.7 Å². The van der Waals surface area contributed by atoms with Crippen LogP contribution in [0.3, 0.4) is 0 Å². The predicted octanol–water partition coefficient (Wildman–Crippen LogP) is 4.43. The third-order valence-corrected chi connectivity index (χ3v) is 5.81. The summed E-state index contributed by atoms with van der Waals surface area (Å²) >= 11 is 1.78.